The molecule has 1 aromatic carbocycles. The average molecular weight is 342 g/mol. The van der Waals surface area contributed by atoms with E-state index in [1.165, 1.54) is 0 Å². The SMILES string of the molecule is Cc1noc(-c2cccnc2NCCS(=O)Cc2ccccc2)n1. The Kier molecular flexibility index (Phi) is 5.32. The summed E-state index contributed by atoms with van der Waals surface area (Å²) in [6.07, 6.45) is 1.69. The Balaban J connectivity index is 1.58. The fraction of sp³-hybridized carbons (Fsp3) is 0.235. The molecule has 124 valence electrons. The number of hydrogen-bond donors (Lipinski definition) is 1. The van der Waals surface area contributed by atoms with Gasteiger partial charge in [0.05, 0.1) is 5.56 Å². The highest BCUT2D eigenvalue weighted by atomic mass is 32.2. The summed E-state index contributed by atoms with van der Waals surface area (Å²) in [6, 6.07) is 13.5. The summed E-state index contributed by atoms with van der Waals surface area (Å²) in [5.74, 6) is 2.74. The van der Waals surface area contributed by atoms with Crippen LogP contribution in [0.4, 0.5) is 5.82 Å². The average Bonchev–Trinajstić information content (AvgIpc) is 3.02. The summed E-state index contributed by atoms with van der Waals surface area (Å²) in [7, 11) is -0.933. The van der Waals surface area contributed by atoms with Crippen molar-refractivity contribution in [1.82, 2.24) is 15.1 Å². The number of nitrogens with zero attached hydrogens (tertiary/aromatic N) is 3. The van der Waals surface area contributed by atoms with E-state index in [2.05, 4.69) is 20.4 Å². The lowest BCUT2D eigenvalue weighted by Gasteiger charge is -2.08. The van der Waals surface area contributed by atoms with Crippen molar-refractivity contribution in [3.05, 3.63) is 60.0 Å². The number of benzene rings is 1. The maximum atomic E-state index is 12.2. The van der Waals surface area contributed by atoms with Crippen LogP contribution in [-0.4, -0.2) is 31.6 Å². The van der Waals surface area contributed by atoms with Crippen LogP contribution >= 0.6 is 0 Å². The predicted octanol–water partition coefficient (Wildman–Crippen LogP) is 2.80. The van der Waals surface area contributed by atoms with E-state index in [0.29, 0.717) is 35.6 Å². The summed E-state index contributed by atoms with van der Waals surface area (Å²) >= 11 is 0. The van der Waals surface area contributed by atoms with E-state index >= 15 is 0 Å². The molecule has 0 amide bonds. The Labute approximate surface area is 142 Å². The first kappa shape index (κ1) is 16.3. The highest BCUT2D eigenvalue weighted by Crippen LogP contribution is 2.23. The zero-order chi connectivity index (χ0) is 16.8. The molecule has 0 aliphatic rings. The van der Waals surface area contributed by atoms with E-state index in [1.54, 1.807) is 13.1 Å². The van der Waals surface area contributed by atoms with Gasteiger partial charge >= 0.3 is 0 Å². The van der Waals surface area contributed by atoms with Gasteiger partial charge in [-0.25, -0.2) is 4.98 Å². The van der Waals surface area contributed by atoms with Gasteiger partial charge in [-0.2, -0.15) is 4.98 Å². The van der Waals surface area contributed by atoms with E-state index < -0.39 is 10.8 Å². The van der Waals surface area contributed by atoms with Crippen LogP contribution in [0.1, 0.15) is 11.4 Å². The van der Waals surface area contributed by atoms with Crippen molar-refractivity contribution in [2.45, 2.75) is 12.7 Å². The highest BCUT2D eigenvalue weighted by molar-refractivity contribution is 7.84. The van der Waals surface area contributed by atoms with Crippen molar-refractivity contribution in [1.29, 1.82) is 0 Å². The van der Waals surface area contributed by atoms with Gasteiger partial charge in [-0.1, -0.05) is 35.5 Å². The van der Waals surface area contributed by atoms with Gasteiger partial charge in [0.1, 0.15) is 5.82 Å². The van der Waals surface area contributed by atoms with Gasteiger partial charge in [-0.3, -0.25) is 4.21 Å². The largest absolute Gasteiger partial charge is 0.368 e. The molecule has 0 aliphatic carbocycles. The van der Waals surface area contributed by atoms with Crippen LogP contribution in [0.5, 0.6) is 0 Å². The number of hydrogen-bond acceptors (Lipinski definition) is 6. The molecule has 3 aromatic rings. The molecule has 2 aromatic heterocycles. The number of rotatable bonds is 7. The minimum atomic E-state index is -0.933. The zero-order valence-corrected chi connectivity index (χ0v) is 14.1. The van der Waals surface area contributed by atoms with Crippen molar-refractivity contribution < 1.29 is 8.73 Å². The second-order valence-electron chi connectivity index (χ2n) is 5.25. The van der Waals surface area contributed by atoms with E-state index in [9.17, 15) is 4.21 Å². The van der Waals surface area contributed by atoms with E-state index in [0.717, 1.165) is 11.1 Å². The van der Waals surface area contributed by atoms with Gasteiger partial charge in [-0.15, -0.1) is 0 Å². The molecule has 0 fully saturated rings. The van der Waals surface area contributed by atoms with Gasteiger partial charge in [0, 0.05) is 35.0 Å². The second kappa shape index (κ2) is 7.83. The first-order valence-electron chi connectivity index (χ1n) is 7.61. The standard InChI is InChI=1S/C17H18N4O2S/c1-13-20-17(23-21-13)15-8-5-9-18-16(15)19-10-11-24(22)12-14-6-3-2-4-7-14/h2-9H,10-12H2,1H3,(H,18,19). The third-order valence-electron chi connectivity index (χ3n) is 3.36. The lowest BCUT2D eigenvalue weighted by molar-refractivity contribution is 0.425. The topological polar surface area (TPSA) is 80.9 Å². The summed E-state index contributed by atoms with van der Waals surface area (Å²) < 4.78 is 17.4. The number of anilines is 1. The summed E-state index contributed by atoms with van der Waals surface area (Å²) in [5.41, 5.74) is 1.82. The van der Waals surface area contributed by atoms with Gasteiger partial charge < -0.3 is 9.84 Å². The molecule has 0 saturated carbocycles. The second-order valence-corrected chi connectivity index (χ2v) is 6.82. The molecule has 1 N–H and O–H groups in total. The molecule has 0 aliphatic heterocycles. The van der Waals surface area contributed by atoms with Crippen LogP contribution in [0.2, 0.25) is 0 Å². The Bertz CT molecular complexity index is 820. The molecule has 0 spiro atoms. The molecule has 6 nitrogen and oxygen atoms in total. The van der Waals surface area contributed by atoms with Gasteiger partial charge in [0.25, 0.3) is 5.89 Å². The summed E-state index contributed by atoms with van der Waals surface area (Å²) in [6.45, 7) is 2.32. The Morgan fingerprint density at radius 3 is 2.75 bits per heavy atom. The first-order valence-corrected chi connectivity index (χ1v) is 9.09. The lowest BCUT2D eigenvalue weighted by atomic mass is 10.2. The Hall–Kier alpha value is -2.54. The number of aryl methyl sites for hydroxylation is 1. The van der Waals surface area contributed by atoms with Crippen molar-refractivity contribution >= 4 is 16.6 Å². The molecule has 24 heavy (non-hydrogen) atoms. The minimum Gasteiger partial charge on any atom is -0.368 e. The molecule has 0 bridgehead atoms. The fourth-order valence-electron chi connectivity index (χ4n) is 2.24. The van der Waals surface area contributed by atoms with Crippen molar-refractivity contribution in [2.24, 2.45) is 0 Å². The van der Waals surface area contributed by atoms with Crippen molar-refractivity contribution in [2.75, 3.05) is 17.6 Å². The molecular formula is C17H18N4O2S. The third kappa shape index (κ3) is 4.26. The molecule has 0 saturated heterocycles. The van der Waals surface area contributed by atoms with Gasteiger partial charge in [0.2, 0.25) is 0 Å². The smallest absolute Gasteiger partial charge is 0.261 e. The Morgan fingerprint density at radius 2 is 2.00 bits per heavy atom. The number of nitrogens with one attached hydrogen (secondary N) is 1. The van der Waals surface area contributed by atoms with Gasteiger partial charge in [-0.05, 0) is 24.6 Å². The van der Waals surface area contributed by atoms with Gasteiger partial charge in [0.15, 0.2) is 5.82 Å². The normalized spacial score (nSPS) is 12.0. The van der Waals surface area contributed by atoms with E-state index in [1.807, 2.05) is 42.5 Å². The molecule has 3 rings (SSSR count). The summed E-state index contributed by atoms with van der Waals surface area (Å²) in [5, 5.41) is 7.00. The number of pyridine rings is 1. The molecule has 0 radical (unpaired) electrons. The van der Waals surface area contributed by atoms with Crippen molar-refractivity contribution in [3.8, 4) is 11.5 Å². The molecule has 7 heteroatoms. The number of aromatic nitrogens is 3. The summed E-state index contributed by atoms with van der Waals surface area (Å²) in [4.78, 5) is 8.53. The van der Waals surface area contributed by atoms with Crippen LogP contribution in [0.15, 0.2) is 53.2 Å². The molecule has 1 atom stereocenters. The van der Waals surface area contributed by atoms with Crippen molar-refractivity contribution in [3.63, 3.8) is 0 Å². The Morgan fingerprint density at radius 1 is 1.17 bits per heavy atom. The third-order valence-corrected chi connectivity index (χ3v) is 4.67. The fourth-order valence-corrected chi connectivity index (χ4v) is 3.28. The monoisotopic (exact) mass is 342 g/mol. The van der Waals surface area contributed by atoms with Crippen LogP contribution in [0.3, 0.4) is 0 Å². The lowest BCUT2D eigenvalue weighted by Crippen LogP contribution is -2.13. The van der Waals surface area contributed by atoms with E-state index in [-0.39, 0.29) is 0 Å². The quantitative estimate of drug-likeness (QED) is 0.711. The van der Waals surface area contributed by atoms with E-state index in [4.69, 9.17) is 4.52 Å². The zero-order valence-electron chi connectivity index (χ0n) is 13.3. The maximum Gasteiger partial charge on any atom is 0.261 e. The maximum absolute atomic E-state index is 12.2. The van der Waals surface area contributed by atoms with Crippen LogP contribution in [-0.2, 0) is 16.6 Å². The predicted molar refractivity (Wildman–Crippen MR) is 93.9 cm³/mol. The van der Waals surface area contributed by atoms with Crippen LogP contribution in [0.25, 0.3) is 11.5 Å². The van der Waals surface area contributed by atoms with Crippen LogP contribution < -0.4 is 5.32 Å². The minimum absolute atomic E-state index is 0.425. The molecule has 1 unspecified atom stereocenters. The van der Waals surface area contributed by atoms with Crippen LogP contribution in [0, 0.1) is 6.92 Å². The molecule has 2 heterocycles. The first-order chi connectivity index (χ1) is 11.7. The highest BCUT2D eigenvalue weighted by Gasteiger charge is 2.12. The molecular weight excluding hydrogens is 324 g/mol.